The van der Waals surface area contributed by atoms with Crippen LogP contribution in [0.1, 0.15) is 19.8 Å². The third kappa shape index (κ3) is 3.04. The molecule has 30 heavy (non-hydrogen) atoms. The Hall–Kier alpha value is -3.55. The summed E-state index contributed by atoms with van der Waals surface area (Å²) in [6, 6.07) is 8.24. The van der Waals surface area contributed by atoms with Crippen LogP contribution in [0.3, 0.4) is 0 Å². The topological polar surface area (TPSA) is 99.7 Å². The summed E-state index contributed by atoms with van der Waals surface area (Å²) in [5, 5.41) is 13.4. The summed E-state index contributed by atoms with van der Waals surface area (Å²) in [4.78, 5) is 26.4. The molecular formula is C22H23N7O. The number of H-pyrrole nitrogens is 1. The lowest BCUT2D eigenvalue weighted by Crippen LogP contribution is -2.52. The standard InChI is InChI=1S/C22H23N7O/c1-22(20(30)29(2)3)9-15(10-22)26-21-24-12-17-16(11-23-19(17)27-21)13-4-5-18-14(8-13)6-7-25-28-18/h4-8,11-12,15H,9-10H2,1-3H3,(H2,23,24,26,27)/t15-,22+. The van der Waals surface area contributed by atoms with E-state index < -0.39 is 0 Å². The second-order valence-electron chi connectivity index (χ2n) is 8.47. The van der Waals surface area contributed by atoms with Crippen LogP contribution >= 0.6 is 0 Å². The molecule has 0 saturated heterocycles. The Morgan fingerprint density at radius 1 is 1.27 bits per heavy atom. The number of rotatable bonds is 4. The van der Waals surface area contributed by atoms with Crippen LogP contribution in [-0.2, 0) is 4.79 Å². The Bertz CT molecular complexity index is 1260. The number of fused-ring (bicyclic) bond motifs is 2. The first kappa shape index (κ1) is 18.5. The van der Waals surface area contributed by atoms with Gasteiger partial charge in [0.1, 0.15) is 5.65 Å². The van der Waals surface area contributed by atoms with Gasteiger partial charge in [-0.2, -0.15) is 15.2 Å². The molecule has 3 heterocycles. The van der Waals surface area contributed by atoms with Crippen molar-refractivity contribution in [2.45, 2.75) is 25.8 Å². The SMILES string of the molecule is CN(C)C(=O)[C@]1(C)C[C@H](Nc2ncc3c(-c4ccc5nnccc5c4)c[nH]c3n2)C1. The number of benzene rings is 1. The monoisotopic (exact) mass is 401 g/mol. The minimum absolute atomic E-state index is 0.173. The summed E-state index contributed by atoms with van der Waals surface area (Å²) < 4.78 is 0. The molecule has 1 aliphatic carbocycles. The molecule has 2 N–H and O–H groups in total. The predicted octanol–water partition coefficient (Wildman–Crippen LogP) is 3.24. The Morgan fingerprint density at radius 2 is 2.10 bits per heavy atom. The normalized spacial score (nSPS) is 20.8. The highest BCUT2D eigenvalue weighted by Crippen LogP contribution is 2.43. The number of aromatic amines is 1. The van der Waals surface area contributed by atoms with E-state index >= 15 is 0 Å². The third-order valence-corrected chi connectivity index (χ3v) is 5.91. The van der Waals surface area contributed by atoms with Crippen molar-refractivity contribution in [2.75, 3.05) is 19.4 Å². The van der Waals surface area contributed by atoms with Gasteiger partial charge >= 0.3 is 0 Å². The molecule has 1 aliphatic rings. The predicted molar refractivity (Wildman–Crippen MR) is 116 cm³/mol. The number of aromatic nitrogens is 5. The van der Waals surface area contributed by atoms with Gasteiger partial charge in [0.05, 0.1) is 17.1 Å². The quantitative estimate of drug-likeness (QED) is 0.545. The number of nitrogens with zero attached hydrogens (tertiary/aromatic N) is 5. The van der Waals surface area contributed by atoms with Gasteiger partial charge in [-0.25, -0.2) is 4.98 Å². The van der Waals surface area contributed by atoms with Gasteiger partial charge in [0.2, 0.25) is 11.9 Å². The average molecular weight is 401 g/mol. The van der Waals surface area contributed by atoms with E-state index in [2.05, 4.69) is 36.5 Å². The first-order valence-electron chi connectivity index (χ1n) is 9.97. The number of carbonyl (C=O) groups is 1. The van der Waals surface area contributed by atoms with E-state index in [4.69, 9.17) is 0 Å². The van der Waals surface area contributed by atoms with Crippen LogP contribution in [0.4, 0.5) is 5.95 Å². The maximum absolute atomic E-state index is 12.3. The number of hydrogen-bond acceptors (Lipinski definition) is 6. The molecule has 4 aromatic rings. The molecule has 0 bridgehead atoms. The van der Waals surface area contributed by atoms with Crippen molar-refractivity contribution in [1.82, 2.24) is 30.0 Å². The summed E-state index contributed by atoms with van der Waals surface area (Å²) >= 11 is 0. The second kappa shape index (κ2) is 6.76. The number of carbonyl (C=O) groups excluding carboxylic acids is 1. The lowest BCUT2D eigenvalue weighted by Gasteiger charge is -2.45. The van der Waals surface area contributed by atoms with Gasteiger partial charge in [-0.15, -0.1) is 0 Å². The zero-order chi connectivity index (χ0) is 20.9. The van der Waals surface area contributed by atoms with E-state index in [1.54, 1.807) is 25.2 Å². The van der Waals surface area contributed by atoms with Crippen LogP contribution in [0.2, 0.25) is 0 Å². The third-order valence-electron chi connectivity index (χ3n) is 5.91. The zero-order valence-corrected chi connectivity index (χ0v) is 17.2. The van der Waals surface area contributed by atoms with Crippen LogP contribution in [0, 0.1) is 5.41 Å². The van der Waals surface area contributed by atoms with Gasteiger partial charge in [-0.05, 0) is 36.6 Å². The van der Waals surface area contributed by atoms with Crippen LogP contribution < -0.4 is 5.32 Å². The van der Waals surface area contributed by atoms with E-state index in [1.807, 2.05) is 37.5 Å². The molecule has 1 aromatic carbocycles. The van der Waals surface area contributed by atoms with Gasteiger partial charge in [-0.1, -0.05) is 13.0 Å². The van der Waals surface area contributed by atoms with Crippen LogP contribution in [0.15, 0.2) is 42.9 Å². The molecule has 0 unspecified atom stereocenters. The van der Waals surface area contributed by atoms with E-state index in [0.29, 0.717) is 5.95 Å². The number of amides is 1. The Kier molecular flexibility index (Phi) is 4.16. The summed E-state index contributed by atoms with van der Waals surface area (Å²) in [7, 11) is 3.61. The fourth-order valence-corrected chi connectivity index (χ4v) is 4.40. The molecule has 5 rings (SSSR count). The molecule has 0 aliphatic heterocycles. The molecule has 0 radical (unpaired) electrons. The van der Waals surface area contributed by atoms with E-state index in [9.17, 15) is 4.79 Å². The zero-order valence-electron chi connectivity index (χ0n) is 17.2. The van der Waals surface area contributed by atoms with Crippen molar-refractivity contribution < 1.29 is 4.79 Å². The lowest BCUT2D eigenvalue weighted by molar-refractivity contribution is -0.143. The molecule has 1 fully saturated rings. The molecule has 152 valence electrons. The van der Waals surface area contributed by atoms with Crippen molar-refractivity contribution in [3.05, 3.63) is 42.9 Å². The Morgan fingerprint density at radius 3 is 2.90 bits per heavy atom. The van der Waals surface area contributed by atoms with Gasteiger partial charge < -0.3 is 15.2 Å². The molecule has 8 nitrogen and oxygen atoms in total. The van der Waals surface area contributed by atoms with Gasteiger partial charge in [0, 0.05) is 48.9 Å². The number of anilines is 1. The van der Waals surface area contributed by atoms with Crippen molar-refractivity contribution in [3.8, 4) is 11.1 Å². The molecule has 0 spiro atoms. The largest absolute Gasteiger partial charge is 0.351 e. The first-order valence-corrected chi connectivity index (χ1v) is 9.97. The molecule has 3 aromatic heterocycles. The van der Waals surface area contributed by atoms with Crippen molar-refractivity contribution in [2.24, 2.45) is 5.41 Å². The van der Waals surface area contributed by atoms with Crippen molar-refractivity contribution >= 4 is 33.8 Å². The average Bonchev–Trinajstić information content (AvgIpc) is 3.14. The molecular weight excluding hydrogens is 378 g/mol. The van der Waals surface area contributed by atoms with Crippen LogP contribution in [0.5, 0.6) is 0 Å². The van der Waals surface area contributed by atoms with Crippen molar-refractivity contribution in [1.29, 1.82) is 0 Å². The minimum atomic E-state index is -0.300. The summed E-state index contributed by atoms with van der Waals surface area (Å²) in [6.45, 7) is 2.02. The fraction of sp³-hybridized carbons (Fsp3) is 0.318. The first-order chi connectivity index (χ1) is 14.4. The molecule has 1 saturated carbocycles. The van der Waals surface area contributed by atoms with Crippen LogP contribution in [0.25, 0.3) is 33.1 Å². The molecule has 1 amide bonds. The van der Waals surface area contributed by atoms with Gasteiger partial charge in [0.15, 0.2) is 0 Å². The number of nitrogens with one attached hydrogen (secondary N) is 2. The van der Waals surface area contributed by atoms with Gasteiger partial charge in [-0.3, -0.25) is 4.79 Å². The maximum Gasteiger partial charge on any atom is 0.228 e. The molecule has 0 atom stereocenters. The Balaban J connectivity index is 1.36. The second-order valence-corrected chi connectivity index (χ2v) is 8.47. The summed E-state index contributed by atoms with van der Waals surface area (Å²) in [5.74, 6) is 0.751. The highest BCUT2D eigenvalue weighted by atomic mass is 16.2. The minimum Gasteiger partial charge on any atom is -0.351 e. The van der Waals surface area contributed by atoms with E-state index in [1.165, 1.54) is 0 Å². The smallest absolute Gasteiger partial charge is 0.228 e. The van der Waals surface area contributed by atoms with Crippen LogP contribution in [-0.4, -0.2) is 56.1 Å². The lowest BCUT2D eigenvalue weighted by atomic mass is 9.66. The summed E-state index contributed by atoms with van der Waals surface area (Å²) in [6.07, 6.45) is 7.05. The van der Waals surface area contributed by atoms with Crippen molar-refractivity contribution in [3.63, 3.8) is 0 Å². The summed E-state index contributed by atoms with van der Waals surface area (Å²) in [5.41, 5.74) is 3.46. The Labute approximate surface area is 173 Å². The highest BCUT2D eigenvalue weighted by Gasteiger charge is 2.47. The van der Waals surface area contributed by atoms with Gasteiger partial charge in [0.25, 0.3) is 0 Å². The van der Waals surface area contributed by atoms with E-state index in [0.717, 1.165) is 45.9 Å². The highest BCUT2D eigenvalue weighted by molar-refractivity contribution is 5.96. The van der Waals surface area contributed by atoms with E-state index in [-0.39, 0.29) is 17.4 Å². The maximum atomic E-state index is 12.3. The number of hydrogen-bond donors (Lipinski definition) is 2. The molecule has 8 heteroatoms. The fourth-order valence-electron chi connectivity index (χ4n) is 4.40.